The Labute approximate surface area is 125 Å². The minimum absolute atomic E-state index is 0.112. The standard InChI is InChI=1S/C16H22O3S/c1-12(2)10-18-14-5-3-13(4-6-14)9-16(17)19-15-7-8-20-11-15/h3-6,12,15H,7-11H2,1-2H3/t15-/m1/s1. The van der Waals surface area contributed by atoms with Gasteiger partial charge in [-0.15, -0.1) is 0 Å². The highest BCUT2D eigenvalue weighted by molar-refractivity contribution is 7.99. The van der Waals surface area contributed by atoms with Crippen molar-refractivity contribution in [3.05, 3.63) is 29.8 Å². The van der Waals surface area contributed by atoms with Gasteiger partial charge in [-0.2, -0.15) is 11.8 Å². The fraction of sp³-hybridized carbons (Fsp3) is 0.562. The van der Waals surface area contributed by atoms with Crippen LogP contribution in [0.1, 0.15) is 25.8 Å². The largest absolute Gasteiger partial charge is 0.493 e. The van der Waals surface area contributed by atoms with Gasteiger partial charge in [0.1, 0.15) is 11.9 Å². The summed E-state index contributed by atoms with van der Waals surface area (Å²) < 4.78 is 11.0. The molecule has 0 unspecified atom stereocenters. The molecule has 2 rings (SSSR count). The molecule has 0 bridgehead atoms. The highest BCUT2D eigenvalue weighted by Crippen LogP contribution is 2.21. The molecular weight excluding hydrogens is 272 g/mol. The van der Waals surface area contributed by atoms with Crippen LogP contribution in [-0.2, 0) is 16.0 Å². The molecule has 1 aliphatic heterocycles. The van der Waals surface area contributed by atoms with E-state index in [0.717, 1.165) is 29.2 Å². The Balaban J connectivity index is 1.78. The molecule has 1 aromatic rings. The smallest absolute Gasteiger partial charge is 0.310 e. The van der Waals surface area contributed by atoms with E-state index in [1.807, 2.05) is 36.0 Å². The molecule has 1 heterocycles. The number of thioether (sulfide) groups is 1. The quantitative estimate of drug-likeness (QED) is 0.754. The summed E-state index contributed by atoms with van der Waals surface area (Å²) >= 11 is 1.85. The molecule has 110 valence electrons. The van der Waals surface area contributed by atoms with Gasteiger partial charge in [-0.1, -0.05) is 26.0 Å². The van der Waals surface area contributed by atoms with Crippen LogP contribution in [0.4, 0.5) is 0 Å². The van der Waals surface area contributed by atoms with Gasteiger partial charge in [-0.3, -0.25) is 4.79 Å². The van der Waals surface area contributed by atoms with Crippen LogP contribution in [0.15, 0.2) is 24.3 Å². The van der Waals surface area contributed by atoms with Gasteiger partial charge in [0.25, 0.3) is 0 Å². The van der Waals surface area contributed by atoms with Crippen LogP contribution in [0.3, 0.4) is 0 Å². The first kappa shape index (κ1) is 15.2. The van der Waals surface area contributed by atoms with Gasteiger partial charge in [0.2, 0.25) is 0 Å². The van der Waals surface area contributed by atoms with Crippen LogP contribution >= 0.6 is 11.8 Å². The number of hydrogen-bond acceptors (Lipinski definition) is 4. The molecule has 0 spiro atoms. The molecule has 0 saturated carbocycles. The molecule has 0 aromatic heterocycles. The average molecular weight is 294 g/mol. The third-order valence-electron chi connectivity index (χ3n) is 3.04. The predicted octanol–water partition coefficient (Wildman–Crippen LogP) is 3.31. The zero-order valence-corrected chi connectivity index (χ0v) is 12.9. The molecule has 3 nitrogen and oxygen atoms in total. The van der Waals surface area contributed by atoms with Crippen molar-refractivity contribution in [3.63, 3.8) is 0 Å². The topological polar surface area (TPSA) is 35.5 Å². The fourth-order valence-corrected chi connectivity index (χ4v) is 3.06. The normalized spacial score (nSPS) is 18.2. The highest BCUT2D eigenvalue weighted by atomic mass is 32.2. The number of esters is 1. The minimum Gasteiger partial charge on any atom is -0.493 e. The van der Waals surface area contributed by atoms with E-state index < -0.39 is 0 Å². The van der Waals surface area contributed by atoms with Gasteiger partial charge in [0.05, 0.1) is 13.0 Å². The lowest BCUT2D eigenvalue weighted by molar-refractivity contribution is -0.146. The summed E-state index contributed by atoms with van der Waals surface area (Å²) in [5.41, 5.74) is 0.970. The van der Waals surface area contributed by atoms with E-state index in [0.29, 0.717) is 18.9 Å². The highest BCUT2D eigenvalue weighted by Gasteiger charge is 2.19. The molecule has 0 N–H and O–H groups in total. The Morgan fingerprint density at radius 3 is 2.70 bits per heavy atom. The van der Waals surface area contributed by atoms with Crippen molar-refractivity contribution < 1.29 is 14.3 Å². The zero-order chi connectivity index (χ0) is 14.4. The number of carbonyl (C=O) groups is 1. The van der Waals surface area contributed by atoms with Crippen molar-refractivity contribution in [2.24, 2.45) is 5.92 Å². The molecule has 1 saturated heterocycles. The maximum Gasteiger partial charge on any atom is 0.310 e. The molecule has 0 aliphatic carbocycles. The van der Waals surface area contributed by atoms with Crippen LogP contribution in [0.25, 0.3) is 0 Å². The molecule has 1 atom stereocenters. The first-order valence-corrected chi connectivity index (χ1v) is 8.28. The minimum atomic E-state index is -0.131. The molecular formula is C16H22O3S. The molecule has 20 heavy (non-hydrogen) atoms. The second kappa shape index (κ2) is 7.58. The number of rotatable bonds is 6. The number of ether oxygens (including phenoxy) is 2. The van der Waals surface area contributed by atoms with Crippen LogP contribution in [-0.4, -0.2) is 30.2 Å². The van der Waals surface area contributed by atoms with Crippen molar-refractivity contribution in [2.75, 3.05) is 18.1 Å². The van der Waals surface area contributed by atoms with Crippen molar-refractivity contribution in [3.8, 4) is 5.75 Å². The monoisotopic (exact) mass is 294 g/mol. The van der Waals surface area contributed by atoms with Gasteiger partial charge in [-0.25, -0.2) is 0 Å². The van der Waals surface area contributed by atoms with Crippen molar-refractivity contribution in [1.29, 1.82) is 0 Å². The molecule has 1 aliphatic rings. The molecule has 1 fully saturated rings. The SMILES string of the molecule is CC(C)COc1ccc(CC(=O)O[C@@H]2CCSC2)cc1. The predicted molar refractivity (Wildman–Crippen MR) is 82.3 cm³/mol. The third-order valence-corrected chi connectivity index (χ3v) is 4.17. The fourth-order valence-electron chi connectivity index (χ4n) is 1.97. The molecule has 0 radical (unpaired) electrons. The Kier molecular flexibility index (Phi) is 5.77. The van der Waals surface area contributed by atoms with Crippen LogP contribution < -0.4 is 4.74 Å². The number of hydrogen-bond donors (Lipinski definition) is 0. The van der Waals surface area contributed by atoms with Gasteiger partial charge in [0, 0.05) is 5.75 Å². The van der Waals surface area contributed by atoms with Crippen LogP contribution in [0, 0.1) is 5.92 Å². The van der Waals surface area contributed by atoms with E-state index in [2.05, 4.69) is 13.8 Å². The van der Waals surface area contributed by atoms with Gasteiger partial charge >= 0.3 is 5.97 Å². The second-order valence-electron chi connectivity index (χ2n) is 5.50. The van der Waals surface area contributed by atoms with E-state index in [-0.39, 0.29) is 12.1 Å². The maximum absolute atomic E-state index is 11.8. The third kappa shape index (κ3) is 5.08. The zero-order valence-electron chi connectivity index (χ0n) is 12.1. The lowest BCUT2D eigenvalue weighted by Crippen LogP contribution is -2.18. The van der Waals surface area contributed by atoms with Crippen LogP contribution in [0.2, 0.25) is 0 Å². The maximum atomic E-state index is 11.8. The Morgan fingerprint density at radius 2 is 2.10 bits per heavy atom. The van der Waals surface area contributed by atoms with Crippen molar-refractivity contribution >= 4 is 17.7 Å². The molecule has 4 heteroatoms. The Hall–Kier alpha value is -1.16. The van der Waals surface area contributed by atoms with Crippen molar-refractivity contribution in [1.82, 2.24) is 0 Å². The average Bonchev–Trinajstić information content (AvgIpc) is 2.90. The number of carbonyl (C=O) groups excluding carboxylic acids is 1. The van der Waals surface area contributed by atoms with Gasteiger partial charge in [-0.05, 0) is 35.8 Å². The summed E-state index contributed by atoms with van der Waals surface area (Å²) in [5, 5.41) is 0. The lowest BCUT2D eigenvalue weighted by Gasteiger charge is -2.11. The van der Waals surface area contributed by atoms with Gasteiger partial charge < -0.3 is 9.47 Å². The molecule has 1 aromatic carbocycles. The summed E-state index contributed by atoms with van der Waals surface area (Å²) in [4.78, 5) is 11.8. The summed E-state index contributed by atoms with van der Waals surface area (Å²) in [5.74, 6) is 3.26. The van der Waals surface area contributed by atoms with E-state index in [1.165, 1.54) is 0 Å². The second-order valence-corrected chi connectivity index (χ2v) is 6.65. The van der Waals surface area contributed by atoms with Gasteiger partial charge in [0.15, 0.2) is 0 Å². The van der Waals surface area contributed by atoms with E-state index >= 15 is 0 Å². The summed E-state index contributed by atoms with van der Waals surface area (Å²) in [6.45, 7) is 4.94. The summed E-state index contributed by atoms with van der Waals surface area (Å²) in [6.07, 6.45) is 1.44. The Bertz CT molecular complexity index is 422. The van der Waals surface area contributed by atoms with Crippen LogP contribution in [0.5, 0.6) is 5.75 Å². The first-order chi connectivity index (χ1) is 9.63. The van der Waals surface area contributed by atoms with E-state index in [9.17, 15) is 4.79 Å². The van der Waals surface area contributed by atoms with E-state index in [4.69, 9.17) is 9.47 Å². The van der Waals surface area contributed by atoms with Crippen molar-refractivity contribution in [2.45, 2.75) is 32.8 Å². The van der Waals surface area contributed by atoms with E-state index in [1.54, 1.807) is 0 Å². The summed E-state index contributed by atoms with van der Waals surface area (Å²) in [7, 11) is 0. The lowest BCUT2D eigenvalue weighted by atomic mass is 10.1. The summed E-state index contributed by atoms with van der Waals surface area (Å²) in [6, 6.07) is 7.69. The first-order valence-electron chi connectivity index (χ1n) is 7.12. The molecule has 0 amide bonds. The Morgan fingerprint density at radius 1 is 1.35 bits per heavy atom. The number of benzene rings is 1.